The minimum atomic E-state index is -1.03. The highest BCUT2D eigenvalue weighted by atomic mass is 16.5. The summed E-state index contributed by atoms with van der Waals surface area (Å²) in [6.45, 7) is 6.00. The molecule has 0 aliphatic carbocycles. The number of rotatable bonds is 7. The highest BCUT2D eigenvalue weighted by Gasteiger charge is 2.35. The SMILES string of the molecule is CC(C)=C(C)C(=O)OCC(C)C(CO)(CO)CO. The van der Waals surface area contributed by atoms with Crippen LogP contribution in [-0.2, 0) is 9.53 Å². The molecule has 0 aromatic carbocycles. The first kappa shape index (κ1) is 17.1. The van der Waals surface area contributed by atoms with Crippen LogP contribution < -0.4 is 0 Å². The second-order valence-electron chi connectivity index (χ2n) is 4.96. The summed E-state index contributed by atoms with van der Waals surface area (Å²) in [6.07, 6.45) is 0. The first-order valence-corrected chi connectivity index (χ1v) is 5.98. The molecule has 0 heterocycles. The van der Waals surface area contributed by atoms with Crippen molar-refractivity contribution in [1.82, 2.24) is 0 Å². The third-order valence-electron chi connectivity index (χ3n) is 3.51. The van der Waals surface area contributed by atoms with E-state index in [1.165, 1.54) is 0 Å². The van der Waals surface area contributed by atoms with E-state index in [0.717, 1.165) is 5.57 Å². The van der Waals surface area contributed by atoms with Gasteiger partial charge in [0.1, 0.15) is 0 Å². The maximum absolute atomic E-state index is 11.6. The van der Waals surface area contributed by atoms with Crippen LogP contribution in [0.1, 0.15) is 27.7 Å². The predicted octanol–water partition coefficient (Wildman–Crippen LogP) is 0.485. The average molecular weight is 260 g/mol. The van der Waals surface area contributed by atoms with Gasteiger partial charge in [0, 0.05) is 16.9 Å². The van der Waals surface area contributed by atoms with Gasteiger partial charge >= 0.3 is 5.97 Å². The molecule has 0 rings (SSSR count). The van der Waals surface area contributed by atoms with E-state index in [1.54, 1.807) is 13.8 Å². The van der Waals surface area contributed by atoms with Crippen molar-refractivity contribution in [2.24, 2.45) is 11.3 Å². The fourth-order valence-electron chi connectivity index (χ4n) is 1.31. The Labute approximate surface area is 108 Å². The first-order chi connectivity index (χ1) is 8.34. The third kappa shape index (κ3) is 4.08. The van der Waals surface area contributed by atoms with E-state index in [9.17, 15) is 20.1 Å². The van der Waals surface area contributed by atoms with Crippen molar-refractivity contribution in [1.29, 1.82) is 0 Å². The zero-order valence-electron chi connectivity index (χ0n) is 11.6. The lowest BCUT2D eigenvalue weighted by molar-refractivity contribution is -0.144. The number of aliphatic hydroxyl groups excluding tert-OH is 3. The molecule has 3 N–H and O–H groups in total. The number of esters is 1. The van der Waals surface area contributed by atoms with Crippen LogP contribution >= 0.6 is 0 Å². The molecular weight excluding hydrogens is 236 g/mol. The molecule has 5 heteroatoms. The van der Waals surface area contributed by atoms with E-state index < -0.39 is 11.4 Å². The fraction of sp³-hybridized carbons (Fsp3) is 0.769. The molecule has 1 unspecified atom stereocenters. The maximum atomic E-state index is 11.6. The largest absolute Gasteiger partial charge is 0.462 e. The summed E-state index contributed by atoms with van der Waals surface area (Å²) >= 11 is 0. The van der Waals surface area contributed by atoms with E-state index in [1.807, 2.05) is 13.8 Å². The van der Waals surface area contributed by atoms with Gasteiger partial charge in [-0.2, -0.15) is 0 Å². The van der Waals surface area contributed by atoms with E-state index in [4.69, 9.17) is 4.74 Å². The van der Waals surface area contributed by atoms with Gasteiger partial charge in [-0.15, -0.1) is 0 Å². The zero-order chi connectivity index (χ0) is 14.3. The molecule has 0 bridgehead atoms. The Bertz CT molecular complexity index is 292. The van der Waals surface area contributed by atoms with Gasteiger partial charge in [0.2, 0.25) is 0 Å². The van der Waals surface area contributed by atoms with Gasteiger partial charge in [-0.25, -0.2) is 4.79 Å². The van der Waals surface area contributed by atoms with Crippen LogP contribution in [0, 0.1) is 11.3 Å². The number of ether oxygens (including phenoxy) is 1. The van der Waals surface area contributed by atoms with Crippen LogP contribution in [0.5, 0.6) is 0 Å². The maximum Gasteiger partial charge on any atom is 0.333 e. The lowest BCUT2D eigenvalue weighted by atomic mass is 9.79. The minimum absolute atomic E-state index is 0.0468. The van der Waals surface area contributed by atoms with Gasteiger partial charge in [-0.1, -0.05) is 12.5 Å². The van der Waals surface area contributed by atoms with Gasteiger partial charge < -0.3 is 20.1 Å². The summed E-state index contributed by atoms with van der Waals surface area (Å²) in [7, 11) is 0. The Morgan fingerprint density at radius 2 is 1.56 bits per heavy atom. The lowest BCUT2D eigenvalue weighted by Crippen LogP contribution is -2.42. The molecule has 0 radical (unpaired) electrons. The normalized spacial score (nSPS) is 13.1. The highest BCUT2D eigenvalue weighted by Crippen LogP contribution is 2.26. The molecule has 0 aliphatic heterocycles. The molecule has 1 atom stereocenters. The minimum Gasteiger partial charge on any atom is -0.462 e. The summed E-state index contributed by atoms with van der Waals surface area (Å²) in [4.78, 5) is 11.6. The van der Waals surface area contributed by atoms with Gasteiger partial charge in [-0.3, -0.25) is 0 Å². The lowest BCUT2D eigenvalue weighted by Gasteiger charge is -2.33. The Morgan fingerprint density at radius 3 is 1.89 bits per heavy atom. The molecule has 5 nitrogen and oxygen atoms in total. The quantitative estimate of drug-likeness (QED) is 0.458. The Morgan fingerprint density at radius 1 is 1.11 bits per heavy atom. The summed E-state index contributed by atoms with van der Waals surface area (Å²) in [5, 5.41) is 27.7. The van der Waals surface area contributed by atoms with Crippen LogP contribution in [-0.4, -0.2) is 47.7 Å². The standard InChI is InChI=1S/C13H24O5/c1-9(2)11(4)12(17)18-5-10(3)13(6-14,7-15)8-16/h10,14-16H,5-8H2,1-4H3. The summed E-state index contributed by atoms with van der Waals surface area (Å²) in [5.74, 6) is -0.754. The molecule has 106 valence electrons. The van der Waals surface area contributed by atoms with E-state index in [2.05, 4.69) is 0 Å². The Hall–Kier alpha value is -0.910. The van der Waals surface area contributed by atoms with Crippen molar-refractivity contribution in [3.8, 4) is 0 Å². The van der Waals surface area contributed by atoms with E-state index in [-0.39, 0.29) is 32.3 Å². The van der Waals surface area contributed by atoms with Crippen molar-refractivity contribution in [2.75, 3.05) is 26.4 Å². The molecule has 0 aliphatic rings. The Kier molecular flexibility index (Phi) is 7.13. The number of allylic oxidation sites excluding steroid dienone is 1. The van der Waals surface area contributed by atoms with Crippen LogP contribution in [0.3, 0.4) is 0 Å². The number of carbonyl (C=O) groups excluding carboxylic acids is 1. The van der Waals surface area contributed by atoms with Gasteiger partial charge in [0.15, 0.2) is 0 Å². The van der Waals surface area contributed by atoms with Crippen LogP contribution in [0.25, 0.3) is 0 Å². The van der Waals surface area contributed by atoms with Crippen molar-refractivity contribution < 1.29 is 24.9 Å². The van der Waals surface area contributed by atoms with E-state index in [0.29, 0.717) is 5.57 Å². The zero-order valence-corrected chi connectivity index (χ0v) is 11.6. The number of hydrogen-bond donors (Lipinski definition) is 3. The summed E-state index contributed by atoms with van der Waals surface area (Å²) < 4.78 is 5.11. The van der Waals surface area contributed by atoms with Crippen molar-refractivity contribution in [3.05, 3.63) is 11.1 Å². The Balaban J connectivity index is 4.55. The predicted molar refractivity (Wildman–Crippen MR) is 67.9 cm³/mol. The first-order valence-electron chi connectivity index (χ1n) is 5.98. The summed E-state index contributed by atoms with van der Waals surface area (Å²) in [5.41, 5.74) is 0.397. The molecule has 0 aromatic rings. The molecule has 0 aromatic heterocycles. The number of aliphatic hydroxyl groups is 3. The third-order valence-corrected chi connectivity index (χ3v) is 3.51. The van der Waals surface area contributed by atoms with Crippen LogP contribution in [0.15, 0.2) is 11.1 Å². The van der Waals surface area contributed by atoms with Crippen molar-refractivity contribution >= 4 is 5.97 Å². The molecule has 0 saturated heterocycles. The molecule has 0 amide bonds. The van der Waals surface area contributed by atoms with Crippen molar-refractivity contribution in [2.45, 2.75) is 27.7 Å². The van der Waals surface area contributed by atoms with E-state index >= 15 is 0 Å². The number of carbonyl (C=O) groups is 1. The summed E-state index contributed by atoms with van der Waals surface area (Å²) in [6, 6.07) is 0. The highest BCUT2D eigenvalue weighted by molar-refractivity contribution is 5.88. The second kappa shape index (κ2) is 7.51. The van der Waals surface area contributed by atoms with Crippen LogP contribution in [0.2, 0.25) is 0 Å². The molecule has 18 heavy (non-hydrogen) atoms. The molecule has 0 spiro atoms. The number of hydrogen-bond acceptors (Lipinski definition) is 5. The molecular formula is C13H24O5. The van der Waals surface area contributed by atoms with Crippen LogP contribution in [0.4, 0.5) is 0 Å². The average Bonchev–Trinajstić information content (AvgIpc) is 2.37. The van der Waals surface area contributed by atoms with Gasteiger partial charge in [0.05, 0.1) is 26.4 Å². The second-order valence-corrected chi connectivity index (χ2v) is 4.96. The monoisotopic (exact) mass is 260 g/mol. The van der Waals surface area contributed by atoms with Gasteiger partial charge in [0.25, 0.3) is 0 Å². The van der Waals surface area contributed by atoms with Gasteiger partial charge in [-0.05, 0) is 20.8 Å². The molecule has 0 saturated carbocycles. The molecule has 0 fully saturated rings. The van der Waals surface area contributed by atoms with Crippen molar-refractivity contribution in [3.63, 3.8) is 0 Å². The topological polar surface area (TPSA) is 87.0 Å². The fourth-order valence-corrected chi connectivity index (χ4v) is 1.31. The smallest absolute Gasteiger partial charge is 0.333 e.